The van der Waals surface area contributed by atoms with Crippen LogP contribution < -0.4 is 5.32 Å². The molecule has 0 spiro atoms. The Morgan fingerprint density at radius 1 is 1.42 bits per heavy atom. The highest BCUT2D eigenvalue weighted by Crippen LogP contribution is 2.27. The highest BCUT2D eigenvalue weighted by molar-refractivity contribution is 5.94. The highest BCUT2D eigenvalue weighted by atomic mass is 19.1. The van der Waals surface area contributed by atoms with Gasteiger partial charge >= 0.3 is 0 Å². The molecule has 102 valence electrons. The van der Waals surface area contributed by atoms with Crippen molar-refractivity contribution in [2.75, 3.05) is 19.6 Å². The number of piperidine rings is 1. The minimum atomic E-state index is -0.302. The summed E-state index contributed by atoms with van der Waals surface area (Å²) in [7, 11) is 0. The van der Waals surface area contributed by atoms with E-state index in [1.54, 1.807) is 19.1 Å². The van der Waals surface area contributed by atoms with Gasteiger partial charge in [-0.3, -0.25) is 4.79 Å². The summed E-state index contributed by atoms with van der Waals surface area (Å²) in [5, 5.41) is 3.35. The molecule has 2 aliphatic heterocycles. The monoisotopic (exact) mass is 262 g/mol. The average molecular weight is 262 g/mol. The van der Waals surface area contributed by atoms with Gasteiger partial charge in [0.25, 0.3) is 5.91 Å². The maximum absolute atomic E-state index is 13.6. The van der Waals surface area contributed by atoms with Gasteiger partial charge in [0.05, 0.1) is 0 Å². The van der Waals surface area contributed by atoms with Gasteiger partial charge in [-0.1, -0.05) is 6.07 Å². The van der Waals surface area contributed by atoms with Crippen LogP contribution in [0.4, 0.5) is 4.39 Å². The number of halogens is 1. The van der Waals surface area contributed by atoms with Crippen molar-refractivity contribution < 1.29 is 9.18 Å². The van der Waals surface area contributed by atoms with Crippen LogP contribution in [0.15, 0.2) is 18.2 Å². The van der Waals surface area contributed by atoms with Crippen molar-refractivity contribution in [1.82, 2.24) is 10.2 Å². The van der Waals surface area contributed by atoms with E-state index < -0.39 is 0 Å². The van der Waals surface area contributed by atoms with Crippen LogP contribution in [0.1, 0.15) is 28.8 Å². The van der Waals surface area contributed by atoms with Gasteiger partial charge in [0.15, 0.2) is 0 Å². The summed E-state index contributed by atoms with van der Waals surface area (Å²) in [5.74, 6) is 0.231. The average Bonchev–Trinajstić information content (AvgIpc) is 2.89. The van der Waals surface area contributed by atoms with Crippen LogP contribution in [0.2, 0.25) is 0 Å². The van der Waals surface area contributed by atoms with E-state index in [-0.39, 0.29) is 17.8 Å². The molecule has 3 rings (SSSR count). The first kappa shape index (κ1) is 12.6. The Kier molecular flexibility index (Phi) is 3.27. The van der Waals surface area contributed by atoms with Crippen LogP contribution >= 0.6 is 0 Å². The van der Waals surface area contributed by atoms with Crippen LogP contribution in [0.25, 0.3) is 0 Å². The summed E-state index contributed by atoms with van der Waals surface area (Å²) in [5.41, 5.74) is 1.05. The third kappa shape index (κ3) is 2.25. The maximum atomic E-state index is 13.6. The Labute approximate surface area is 112 Å². The van der Waals surface area contributed by atoms with Crippen molar-refractivity contribution in [3.63, 3.8) is 0 Å². The van der Waals surface area contributed by atoms with Gasteiger partial charge in [-0.2, -0.15) is 0 Å². The quantitative estimate of drug-likeness (QED) is 0.839. The van der Waals surface area contributed by atoms with Crippen molar-refractivity contribution in [3.05, 3.63) is 35.1 Å². The van der Waals surface area contributed by atoms with Gasteiger partial charge in [0, 0.05) is 31.2 Å². The number of rotatable bonds is 1. The normalized spacial score (nSPS) is 26.3. The van der Waals surface area contributed by atoms with Gasteiger partial charge in [0.2, 0.25) is 0 Å². The van der Waals surface area contributed by atoms with Crippen molar-refractivity contribution in [3.8, 4) is 0 Å². The minimum Gasteiger partial charge on any atom is -0.334 e. The third-order valence-electron chi connectivity index (χ3n) is 4.36. The number of nitrogens with one attached hydrogen (secondary N) is 1. The summed E-state index contributed by atoms with van der Waals surface area (Å²) >= 11 is 0. The molecule has 1 aromatic rings. The Morgan fingerprint density at radius 3 is 3.05 bits per heavy atom. The van der Waals surface area contributed by atoms with Crippen molar-refractivity contribution in [1.29, 1.82) is 0 Å². The van der Waals surface area contributed by atoms with Crippen LogP contribution in [-0.2, 0) is 0 Å². The first-order valence-corrected chi connectivity index (χ1v) is 6.94. The first-order chi connectivity index (χ1) is 9.16. The van der Waals surface area contributed by atoms with Crippen molar-refractivity contribution in [2.24, 2.45) is 5.92 Å². The van der Waals surface area contributed by atoms with E-state index in [4.69, 9.17) is 0 Å². The summed E-state index contributed by atoms with van der Waals surface area (Å²) in [4.78, 5) is 14.5. The summed E-state index contributed by atoms with van der Waals surface area (Å²) < 4.78 is 13.6. The Balaban J connectivity index is 1.84. The molecule has 2 heterocycles. The standard InChI is InChI=1S/C15H19FN2O/c1-10-4-5-11(7-13(10)16)15(19)18-6-2-3-12-8-17-9-14(12)18/h4-5,7,12,14,17H,2-3,6,8-9H2,1H3. The van der Waals surface area contributed by atoms with E-state index in [1.807, 2.05) is 4.90 Å². The largest absolute Gasteiger partial charge is 0.334 e. The lowest BCUT2D eigenvalue weighted by atomic mass is 9.91. The summed E-state index contributed by atoms with van der Waals surface area (Å²) in [6.07, 6.45) is 2.23. The molecule has 2 aliphatic rings. The fourth-order valence-electron chi connectivity index (χ4n) is 3.21. The first-order valence-electron chi connectivity index (χ1n) is 6.94. The molecule has 2 saturated heterocycles. The second-order valence-corrected chi connectivity index (χ2v) is 5.59. The van der Waals surface area contributed by atoms with Crippen LogP contribution in [0.3, 0.4) is 0 Å². The number of fused-ring (bicyclic) bond motifs is 1. The van der Waals surface area contributed by atoms with E-state index in [9.17, 15) is 9.18 Å². The Morgan fingerprint density at radius 2 is 2.26 bits per heavy atom. The molecule has 4 heteroatoms. The van der Waals surface area contributed by atoms with Gasteiger partial charge in [-0.05, 0) is 43.4 Å². The molecule has 2 fully saturated rings. The zero-order valence-electron chi connectivity index (χ0n) is 11.2. The third-order valence-corrected chi connectivity index (χ3v) is 4.36. The second kappa shape index (κ2) is 4.93. The molecule has 0 aromatic heterocycles. The SMILES string of the molecule is Cc1ccc(C(=O)N2CCCC3CNCC32)cc1F. The lowest BCUT2D eigenvalue weighted by Gasteiger charge is -2.37. The topological polar surface area (TPSA) is 32.3 Å². The van der Waals surface area contributed by atoms with E-state index in [0.717, 1.165) is 26.1 Å². The van der Waals surface area contributed by atoms with Crippen molar-refractivity contribution in [2.45, 2.75) is 25.8 Å². The molecule has 2 atom stereocenters. The number of carbonyl (C=O) groups excluding carboxylic acids is 1. The smallest absolute Gasteiger partial charge is 0.254 e. The minimum absolute atomic E-state index is 0.0303. The number of aryl methyl sites for hydroxylation is 1. The Hall–Kier alpha value is -1.42. The van der Waals surface area contributed by atoms with Gasteiger partial charge in [-0.15, -0.1) is 0 Å². The zero-order chi connectivity index (χ0) is 13.4. The molecule has 0 radical (unpaired) electrons. The van der Waals surface area contributed by atoms with Crippen LogP contribution in [0.5, 0.6) is 0 Å². The number of hydrogen-bond donors (Lipinski definition) is 1. The Bertz CT molecular complexity index is 503. The number of carbonyl (C=O) groups is 1. The van der Waals surface area contributed by atoms with Crippen LogP contribution in [0, 0.1) is 18.7 Å². The number of hydrogen-bond acceptors (Lipinski definition) is 2. The zero-order valence-corrected chi connectivity index (χ0v) is 11.2. The molecule has 0 bridgehead atoms. The number of likely N-dealkylation sites (tertiary alicyclic amines) is 1. The predicted molar refractivity (Wildman–Crippen MR) is 71.6 cm³/mol. The van der Waals surface area contributed by atoms with Crippen LogP contribution in [-0.4, -0.2) is 36.5 Å². The van der Waals surface area contributed by atoms with E-state index in [2.05, 4.69) is 5.32 Å². The molecule has 19 heavy (non-hydrogen) atoms. The second-order valence-electron chi connectivity index (χ2n) is 5.59. The molecular weight excluding hydrogens is 243 g/mol. The molecule has 0 aliphatic carbocycles. The predicted octanol–water partition coefficient (Wildman–Crippen LogP) is 1.96. The number of amides is 1. The van der Waals surface area contributed by atoms with Gasteiger partial charge < -0.3 is 10.2 Å². The summed E-state index contributed by atoms with van der Waals surface area (Å²) in [6, 6.07) is 5.05. The van der Waals surface area contributed by atoms with E-state index in [1.165, 1.54) is 12.5 Å². The van der Waals surface area contributed by atoms with E-state index >= 15 is 0 Å². The van der Waals surface area contributed by atoms with Gasteiger partial charge in [-0.25, -0.2) is 4.39 Å². The number of benzene rings is 1. The molecular formula is C15H19FN2O. The molecule has 1 N–H and O–H groups in total. The lowest BCUT2D eigenvalue weighted by molar-refractivity contribution is 0.0574. The molecule has 2 unspecified atom stereocenters. The van der Waals surface area contributed by atoms with Gasteiger partial charge in [0.1, 0.15) is 5.82 Å². The molecule has 1 amide bonds. The molecule has 0 saturated carbocycles. The molecule has 1 aromatic carbocycles. The summed E-state index contributed by atoms with van der Waals surface area (Å²) in [6.45, 7) is 4.36. The lowest BCUT2D eigenvalue weighted by Crippen LogP contribution is -2.48. The van der Waals surface area contributed by atoms with Crippen molar-refractivity contribution >= 4 is 5.91 Å². The molecule has 3 nitrogen and oxygen atoms in total. The highest BCUT2D eigenvalue weighted by Gasteiger charge is 2.37. The fourth-order valence-corrected chi connectivity index (χ4v) is 3.21. The fraction of sp³-hybridized carbons (Fsp3) is 0.533. The van der Waals surface area contributed by atoms with E-state index in [0.29, 0.717) is 17.0 Å². The maximum Gasteiger partial charge on any atom is 0.254 e. The number of nitrogens with zero attached hydrogens (tertiary/aromatic N) is 1.